The van der Waals surface area contributed by atoms with E-state index in [0.717, 1.165) is 4.57 Å². The first-order valence-electron chi connectivity index (χ1n) is 10.3. The number of aromatic nitrogens is 3. The van der Waals surface area contributed by atoms with Gasteiger partial charge in [-0.05, 0) is 30.3 Å². The zero-order valence-corrected chi connectivity index (χ0v) is 18.5. The van der Waals surface area contributed by atoms with E-state index in [2.05, 4.69) is 15.3 Å². The molecule has 0 atom stereocenters. The summed E-state index contributed by atoms with van der Waals surface area (Å²) in [5, 5.41) is 3.27. The van der Waals surface area contributed by atoms with Gasteiger partial charge in [-0.25, -0.2) is 14.8 Å². The second kappa shape index (κ2) is 9.44. The Morgan fingerprint density at radius 2 is 1.94 bits per heavy atom. The van der Waals surface area contributed by atoms with Crippen LogP contribution >= 0.6 is 11.6 Å². The summed E-state index contributed by atoms with van der Waals surface area (Å²) >= 11 is 6.01. The van der Waals surface area contributed by atoms with E-state index in [9.17, 15) is 18.0 Å². The van der Waals surface area contributed by atoms with Crippen molar-refractivity contribution in [1.29, 1.82) is 0 Å². The number of amides is 2. The van der Waals surface area contributed by atoms with Gasteiger partial charge in [-0.1, -0.05) is 11.6 Å². The number of alkyl halides is 3. The fourth-order valence-electron chi connectivity index (χ4n) is 3.77. The van der Waals surface area contributed by atoms with Crippen LogP contribution in [0.3, 0.4) is 0 Å². The Hall–Kier alpha value is -3.05. The van der Waals surface area contributed by atoms with Gasteiger partial charge in [0.05, 0.1) is 12.8 Å². The molecular weight excluding hydrogens is 461 g/mol. The van der Waals surface area contributed by atoms with E-state index in [1.807, 2.05) is 4.90 Å². The van der Waals surface area contributed by atoms with Crippen LogP contribution in [-0.4, -0.2) is 70.2 Å². The molecule has 0 radical (unpaired) electrons. The lowest BCUT2D eigenvalue weighted by molar-refractivity contribution is -0.147. The number of nitrogens with zero attached hydrogens (tertiary/aromatic N) is 5. The number of benzene rings is 1. The zero-order valence-electron chi connectivity index (χ0n) is 17.8. The summed E-state index contributed by atoms with van der Waals surface area (Å²) in [6, 6.07) is 7.72. The fraction of sp³-hybridized carbons (Fsp3) is 0.381. The molecule has 1 N–H and O–H groups in total. The van der Waals surface area contributed by atoms with Crippen LogP contribution in [0.15, 0.2) is 36.5 Å². The number of halogens is 4. The van der Waals surface area contributed by atoms with Gasteiger partial charge in [-0.3, -0.25) is 4.90 Å². The molecule has 1 aliphatic heterocycles. The molecule has 1 aliphatic rings. The third-order valence-corrected chi connectivity index (χ3v) is 5.69. The molecule has 1 aromatic carbocycles. The molecule has 0 aliphatic carbocycles. The molecule has 0 spiro atoms. The van der Waals surface area contributed by atoms with Gasteiger partial charge >= 0.3 is 12.2 Å². The molecule has 3 aromatic rings. The van der Waals surface area contributed by atoms with Crippen LogP contribution in [0, 0.1) is 0 Å². The van der Waals surface area contributed by atoms with Crippen molar-refractivity contribution in [2.24, 2.45) is 0 Å². The summed E-state index contributed by atoms with van der Waals surface area (Å²) in [6.07, 6.45) is -3.12. The second-order valence-electron chi connectivity index (χ2n) is 7.53. The average Bonchev–Trinajstić information content (AvgIpc) is 3.17. The Bertz CT molecular complexity index is 1140. The maximum Gasteiger partial charge on any atom is 0.449 e. The predicted molar refractivity (Wildman–Crippen MR) is 118 cm³/mol. The SMILES string of the molecule is COc1ccc(Cl)cc1NC(=O)N1CCN(CCn2c(C(F)(F)F)nc3cccnc32)CC1. The molecule has 0 saturated carbocycles. The van der Waals surface area contributed by atoms with Crippen molar-refractivity contribution in [2.45, 2.75) is 12.7 Å². The molecular formula is C21H22ClF3N6O2. The highest BCUT2D eigenvalue weighted by Crippen LogP contribution is 2.31. The van der Waals surface area contributed by atoms with Crippen LogP contribution in [0.2, 0.25) is 5.02 Å². The van der Waals surface area contributed by atoms with Gasteiger partial charge in [-0.15, -0.1) is 0 Å². The van der Waals surface area contributed by atoms with Gasteiger partial charge in [0.1, 0.15) is 11.3 Å². The van der Waals surface area contributed by atoms with Gasteiger partial charge in [-0.2, -0.15) is 13.2 Å². The normalized spacial score (nSPS) is 15.1. The highest BCUT2D eigenvalue weighted by Gasteiger charge is 2.38. The Labute approximate surface area is 192 Å². The van der Waals surface area contributed by atoms with Crippen LogP contribution in [0.4, 0.5) is 23.7 Å². The summed E-state index contributed by atoms with van der Waals surface area (Å²) in [7, 11) is 1.50. The third-order valence-electron chi connectivity index (χ3n) is 5.46. The van der Waals surface area contributed by atoms with Crippen molar-refractivity contribution in [2.75, 3.05) is 45.2 Å². The summed E-state index contributed by atoms with van der Waals surface area (Å²) in [4.78, 5) is 24.1. The standard InChI is InChI=1S/C21H22ClF3N6O2/c1-33-17-5-4-14(22)13-16(17)28-20(32)30-10-7-29(8-11-30)9-12-31-18-15(3-2-6-26-18)27-19(31)21(23,24)25/h2-6,13H,7-12H2,1H3,(H,28,32). The number of methoxy groups -OCH3 is 1. The third kappa shape index (κ3) is 5.14. The number of hydrogen-bond acceptors (Lipinski definition) is 5. The number of piperazine rings is 1. The Balaban J connectivity index is 1.36. The maximum atomic E-state index is 13.5. The van der Waals surface area contributed by atoms with Crippen LogP contribution in [0.5, 0.6) is 5.75 Å². The number of urea groups is 1. The van der Waals surface area contributed by atoms with E-state index in [-0.39, 0.29) is 23.7 Å². The quantitative estimate of drug-likeness (QED) is 0.595. The Morgan fingerprint density at radius 1 is 1.18 bits per heavy atom. The molecule has 2 amide bonds. The average molecular weight is 483 g/mol. The minimum atomic E-state index is -4.57. The van der Waals surface area contributed by atoms with Crippen molar-refractivity contribution >= 4 is 34.5 Å². The van der Waals surface area contributed by atoms with Gasteiger partial charge in [0.2, 0.25) is 5.82 Å². The number of hydrogen-bond donors (Lipinski definition) is 1. The van der Waals surface area contributed by atoms with Crippen molar-refractivity contribution in [3.05, 3.63) is 47.4 Å². The summed E-state index contributed by atoms with van der Waals surface area (Å²) in [5.74, 6) is -0.460. The first kappa shape index (κ1) is 23.1. The second-order valence-corrected chi connectivity index (χ2v) is 7.97. The number of imidazole rings is 1. The molecule has 0 bridgehead atoms. The minimum absolute atomic E-state index is 0.0915. The molecule has 1 fully saturated rings. The van der Waals surface area contributed by atoms with Crippen molar-refractivity contribution in [1.82, 2.24) is 24.3 Å². The summed E-state index contributed by atoms with van der Waals surface area (Å²) < 4.78 is 46.7. The molecule has 8 nitrogen and oxygen atoms in total. The number of carbonyl (C=O) groups is 1. The molecule has 0 unspecified atom stereocenters. The lowest BCUT2D eigenvalue weighted by atomic mass is 10.3. The molecule has 1 saturated heterocycles. The summed E-state index contributed by atoms with van der Waals surface area (Å²) in [6.45, 7) is 2.40. The van der Waals surface area contributed by atoms with Gasteiger partial charge in [0.15, 0.2) is 5.65 Å². The molecule has 2 aromatic heterocycles. The van der Waals surface area contributed by atoms with Crippen LogP contribution in [-0.2, 0) is 12.7 Å². The van der Waals surface area contributed by atoms with E-state index in [1.165, 1.54) is 19.4 Å². The van der Waals surface area contributed by atoms with Crippen molar-refractivity contribution in [3.63, 3.8) is 0 Å². The first-order chi connectivity index (χ1) is 15.8. The summed E-state index contributed by atoms with van der Waals surface area (Å²) in [5.41, 5.74) is 0.887. The van der Waals surface area contributed by atoms with E-state index in [1.54, 1.807) is 29.2 Å². The lowest BCUT2D eigenvalue weighted by Crippen LogP contribution is -2.50. The number of ether oxygens (including phenoxy) is 1. The number of pyridine rings is 1. The Morgan fingerprint density at radius 3 is 2.64 bits per heavy atom. The van der Waals surface area contributed by atoms with E-state index in [0.29, 0.717) is 49.2 Å². The molecule has 12 heteroatoms. The fourth-order valence-corrected chi connectivity index (χ4v) is 3.95. The van der Waals surface area contributed by atoms with E-state index in [4.69, 9.17) is 16.3 Å². The topological polar surface area (TPSA) is 75.5 Å². The van der Waals surface area contributed by atoms with Crippen LogP contribution in [0.1, 0.15) is 5.82 Å². The largest absolute Gasteiger partial charge is 0.495 e. The van der Waals surface area contributed by atoms with Gasteiger partial charge in [0.25, 0.3) is 0 Å². The highest BCUT2D eigenvalue weighted by atomic mass is 35.5. The van der Waals surface area contributed by atoms with Crippen LogP contribution < -0.4 is 10.1 Å². The van der Waals surface area contributed by atoms with E-state index >= 15 is 0 Å². The zero-order chi connectivity index (χ0) is 23.6. The number of rotatable bonds is 5. The molecule has 3 heterocycles. The monoisotopic (exact) mass is 482 g/mol. The first-order valence-corrected chi connectivity index (χ1v) is 10.6. The molecule has 4 rings (SSSR count). The number of nitrogens with one attached hydrogen (secondary N) is 1. The number of fused-ring (bicyclic) bond motifs is 1. The smallest absolute Gasteiger partial charge is 0.449 e. The number of anilines is 1. The van der Waals surface area contributed by atoms with Crippen molar-refractivity contribution in [3.8, 4) is 5.75 Å². The van der Waals surface area contributed by atoms with Gasteiger partial charge in [0, 0.05) is 50.5 Å². The highest BCUT2D eigenvalue weighted by molar-refractivity contribution is 6.31. The van der Waals surface area contributed by atoms with E-state index < -0.39 is 12.0 Å². The lowest BCUT2D eigenvalue weighted by Gasteiger charge is -2.34. The Kier molecular flexibility index (Phi) is 6.61. The maximum absolute atomic E-state index is 13.5. The number of carbonyl (C=O) groups excluding carboxylic acids is 1. The van der Waals surface area contributed by atoms with Gasteiger partial charge < -0.3 is 19.5 Å². The molecule has 33 heavy (non-hydrogen) atoms. The molecule has 176 valence electrons. The van der Waals surface area contributed by atoms with Crippen LogP contribution in [0.25, 0.3) is 11.2 Å². The van der Waals surface area contributed by atoms with Crippen molar-refractivity contribution < 1.29 is 22.7 Å². The minimum Gasteiger partial charge on any atom is -0.495 e. The predicted octanol–water partition coefficient (Wildman–Crippen LogP) is 3.96.